The van der Waals surface area contributed by atoms with Crippen molar-refractivity contribution < 1.29 is 4.79 Å². The molecule has 0 fully saturated rings. The quantitative estimate of drug-likeness (QED) is 0.424. The van der Waals surface area contributed by atoms with Gasteiger partial charge < -0.3 is 0 Å². The SMILES string of the molecule is CCCC(CC)CC=CC=O. The molecule has 0 radical (unpaired) electrons. The molecule has 0 aliphatic carbocycles. The zero-order valence-corrected chi connectivity index (χ0v) is 7.55. The summed E-state index contributed by atoms with van der Waals surface area (Å²) in [5, 5.41) is 0. The van der Waals surface area contributed by atoms with Crippen LogP contribution in [0.2, 0.25) is 0 Å². The average Bonchev–Trinajstić information content (AvgIpc) is 2.03. The second kappa shape index (κ2) is 7.52. The van der Waals surface area contributed by atoms with Gasteiger partial charge in [0.15, 0.2) is 0 Å². The summed E-state index contributed by atoms with van der Waals surface area (Å²) in [4.78, 5) is 9.95. The van der Waals surface area contributed by atoms with Gasteiger partial charge in [0.1, 0.15) is 6.29 Å². The Balaban J connectivity index is 3.50. The summed E-state index contributed by atoms with van der Waals surface area (Å²) in [5.41, 5.74) is 0. The molecule has 0 spiro atoms. The Morgan fingerprint density at radius 2 is 2.09 bits per heavy atom. The molecule has 0 aliphatic rings. The van der Waals surface area contributed by atoms with Crippen LogP contribution in [0.3, 0.4) is 0 Å². The molecule has 1 nitrogen and oxygen atoms in total. The number of rotatable bonds is 6. The number of hydrogen-bond acceptors (Lipinski definition) is 1. The molecule has 0 N–H and O–H groups in total. The van der Waals surface area contributed by atoms with Crippen molar-refractivity contribution in [2.75, 3.05) is 0 Å². The summed E-state index contributed by atoms with van der Waals surface area (Å²) in [7, 11) is 0. The van der Waals surface area contributed by atoms with Crippen LogP contribution < -0.4 is 0 Å². The van der Waals surface area contributed by atoms with Crippen LogP contribution in [-0.2, 0) is 4.79 Å². The first kappa shape index (κ1) is 10.4. The third kappa shape index (κ3) is 5.84. The largest absolute Gasteiger partial charge is 0.299 e. The van der Waals surface area contributed by atoms with Crippen molar-refractivity contribution in [2.24, 2.45) is 5.92 Å². The lowest BCUT2D eigenvalue weighted by atomic mass is 9.97. The van der Waals surface area contributed by atoms with Gasteiger partial charge in [-0.1, -0.05) is 39.2 Å². The molecule has 1 unspecified atom stereocenters. The Morgan fingerprint density at radius 3 is 2.55 bits per heavy atom. The van der Waals surface area contributed by atoms with E-state index in [4.69, 9.17) is 0 Å². The van der Waals surface area contributed by atoms with Gasteiger partial charge in [-0.2, -0.15) is 0 Å². The second-order valence-electron chi connectivity index (χ2n) is 2.86. The van der Waals surface area contributed by atoms with E-state index in [-0.39, 0.29) is 0 Å². The molecule has 0 heterocycles. The molecule has 0 rings (SSSR count). The predicted molar refractivity (Wildman–Crippen MR) is 48.5 cm³/mol. The van der Waals surface area contributed by atoms with E-state index in [9.17, 15) is 4.79 Å². The van der Waals surface area contributed by atoms with E-state index < -0.39 is 0 Å². The first-order valence-electron chi connectivity index (χ1n) is 4.45. The molecule has 0 aliphatic heterocycles. The van der Waals surface area contributed by atoms with Crippen LogP contribution in [0, 0.1) is 5.92 Å². The molecule has 0 aromatic heterocycles. The minimum Gasteiger partial charge on any atom is -0.299 e. The molecule has 0 bridgehead atoms. The van der Waals surface area contributed by atoms with Crippen molar-refractivity contribution in [3.8, 4) is 0 Å². The maximum Gasteiger partial charge on any atom is 0.142 e. The maximum atomic E-state index is 9.95. The summed E-state index contributed by atoms with van der Waals surface area (Å²) in [6.45, 7) is 4.40. The highest BCUT2D eigenvalue weighted by Crippen LogP contribution is 2.14. The topological polar surface area (TPSA) is 17.1 Å². The van der Waals surface area contributed by atoms with Gasteiger partial charge in [0, 0.05) is 0 Å². The van der Waals surface area contributed by atoms with Crippen LogP contribution in [0.4, 0.5) is 0 Å². The lowest BCUT2D eigenvalue weighted by Gasteiger charge is -2.09. The average molecular weight is 154 g/mol. The van der Waals surface area contributed by atoms with Gasteiger partial charge in [-0.05, 0) is 18.4 Å². The van der Waals surface area contributed by atoms with Gasteiger partial charge in [-0.15, -0.1) is 0 Å². The van der Waals surface area contributed by atoms with Crippen molar-refractivity contribution in [3.05, 3.63) is 12.2 Å². The fourth-order valence-corrected chi connectivity index (χ4v) is 1.22. The van der Waals surface area contributed by atoms with E-state index in [0.29, 0.717) is 0 Å². The van der Waals surface area contributed by atoms with Crippen molar-refractivity contribution in [2.45, 2.75) is 39.5 Å². The predicted octanol–water partition coefficient (Wildman–Crippen LogP) is 2.96. The molecule has 11 heavy (non-hydrogen) atoms. The standard InChI is InChI=1S/C10H18O/c1-3-7-10(4-2)8-5-6-9-11/h5-6,9-10H,3-4,7-8H2,1-2H3. The first-order chi connectivity index (χ1) is 5.35. The minimum atomic E-state index is 0.774. The van der Waals surface area contributed by atoms with Crippen molar-refractivity contribution >= 4 is 6.29 Å². The number of hydrogen-bond donors (Lipinski definition) is 0. The fourth-order valence-electron chi connectivity index (χ4n) is 1.22. The van der Waals surface area contributed by atoms with Gasteiger partial charge in [-0.3, -0.25) is 4.79 Å². The van der Waals surface area contributed by atoms with Gasteiger partial charge in [0.05, 0.1) is 0 Å². The van der Waals surface area contributed by atoms with Gasteiger partial charge in [0.25, 0.3) is 0 Å². The Bertz CT molecular complexity index is 116. The molecule has 0 saturated carbocycles. The molecule has 1 atom stereocenters. The van der Waals surface area contributed by atoms with Crippen molar-refractivity contribution in [1.29, 1.82) is 0 Å². The lowest BCUT2D eigenvalue weighted by Crippen LogP contribution is -1.95. The number of aldehydes is 1. The summed E-state index contributed by atoms with van der Waals surface area (Å²) in [6, 6.07) is 0. The zero-order chi connectivity index (χ0) is 8.53. The Hall–Kier alpha value is -0.590. The highest BCUT2D eigenvalue weighted by atomic mass is 16.1. The molecule has 0 saturated heterocycles. The second-order valence-corrected chi connectivity index (χ2v) is 2.86. The van der Waals surface area contributed by atoms with Crippen LogP contribution in [0.15, 0.2) is 12.2 Å². The monoisotopic (exact) mass is 154 g/mol. The Labute approximate surface area is 69.5 Å². The highest BCUT2D eigenvalue weighted by molar-refractivity contribution is 5.64. The number of carbonyl (C=O) groups excluding carboxylic acids is 1. The molecule has 1 heteroatoms. The third-order valence-corrected chi connectivity index (χ3v) is 1.96. The maximum absolute atomic E-state index is 9.95. The van der Waals surface area contributed by atoms with Gasteiger partial charge >= 0.3 is 0 Å². The highest BCUT2D eigenvalue weighted by Gasteiger charge is 2.00. The van der Waals surface area contributed by atoms with E-state index in [0.717, 1.165) is 18.6 Å². The molecule has 0 aromatic rings. The zero-order valence-electron chi connectivity index (χ0n) is 7.55. The van der Waals surface area contributed by atoms with E-state index >= 15 is 0 Å². The van der Waals surface area contributed by atoms with Crippen LogP contribution in [-0.4, -0.2) is 6.29 Å². The number of allylic oxidation sites excluding steroid dienone is 2. The Morgan fingerprint density at radius 1 is 1.36 bits per heavy atom. The van der Waals surface area contributed by atoms with Crippen molar-refractivity contribution in [3.63, 3.8) is 0 Å². The van der Waals surface area contributed by atoms with E-state index in [1.54, 1.807) is 6.08 Å². The van der Waals surface area contributed by atoms with E-state index in [1.165, 1.54) is 19.3 Å². The molecule has 0 amide bonds. The first-order valence-corrected chi connectivity index (χ1v) is 4.45. The van der Waals surface area contributed by atoms with Gasteiger partial charge in [0.2, 0.25) is 0 Å². The summed E-state index contributed by atoms with van der Waals surface area (Å²) < 4.78 is 0. The van der Waals surface area contributed by atoms with Crippen LogP contribution in [0.1, 0.15) is 39.5 Å². The van der Waals surface area contributed by atoms with Crippen LogP contribution in [0.5, 0.6) is 0 Å². The van der Waals surface area contributed by atoms with Crippen LogP contribution >= 0.6 is 0 Å². The van der Waals surface area contributed by atoms with Crippen molar-refractivity contribution in [1.82, 2.24) is 0 Å². The smallest absolute Gasteiger partial charge is 0.142 e. The molecule has 0 aromatic carbocycles. The normalized spacial score (nSPS) is 13.6. The summed E-state index contributed by atoms with van der Waals surface area (Å²) in [6.07, 6.45) is 9.21. The molecular formula is C10H18O. The Kier molecular flexibility index (Phi) is 7.11. The lowest BCUT2D eigenvalue weighted by molar-refractivity contribution is -0.104. The van der Waals surface area contributed by atoms with Gasteiger partial charge in [-0.25, -0.2) is 0 Å². The minimum absolute atomic E-state index is 0.774. The molecule has 64 valence electrons. The fraction of sp³-hybridized carbons (Fsp3) is 0.700. The third-order valence-electron chi connectivity index (χ3n) is 1.96. The van der Waals surface area contributed by atoms with E-state index in [2.05, 4.69) is 13.8 Å². The van der Waals surface area contributed by atoms with Crippen LogP contribution in [0.25, 0.3) is 0 Å². The summed E-state index contributed by atoms with van der Waals surface area (Å²) in [5.74, 6) is 0.774. The molecular weight excluding hydrogens is 136 g/mol. The number of carbonyl (C=O) groups is 1. The summed E-state index contributed by atoms with van der Waals surface area (Å²) >= 11 is 0. The van der Waals surface area contributed by atoms with E-state index in [1.807, 2.05) is 6.08 Å².